The summed E-state index contributed by atoms with van der Waals surface area (Å²) < 4.78 is 26.9. The van der Waals surface area contributed by atoms with Crippen molar-refractivity contribution in [3.63, 3.8) is 0 Å². The summed E-state index contributed by atoms with van der Waals surface area (Å²) in [7, 11) is -3.44. The lowest BCUT2D eigenvalue weighted by Crippen LogP contribution is -2.48. The van der Waals surface area contributed by atoms with E-state index >= 15 is 0 Å². The third kappa shape index (κ3) is 4.97. The molecule has 26 heavy (non-hydrogen) atoms. The number of amides is 1. The fraction of sp³-hybridized carbons (Fsp3) is 0.611. The van der Waals surface area contributed by atoms with Crippen molar-refractivity contribution in [3.8, 4) is 0 Å². The molecule has 2 aliphatic heterocycles. The molecule has 0 aromatic heterocycles. The van der Waals surface area contributed by atoms with Crippen LogP contribution in [0.4, 0.5) is 0 Å². The van der Waals surface area contributed by atoms with Crippen molar-refractivity contribution < 1.29 is 13.2 Å². The number of carbonyl (C=O) groups excluding carboxylic acids is 1. The summed E-state index contributed by atoms with van der Waals surface area (Å²) in [5.41, 5.74) is 1.04. The second-order valence-corrected chi connectivity index (χ2v) is 8.96. The molecule has 0 bridgehead atoms. The SMILES string of the molecule is Cc1ccc(S(=O)(=O)N2CCC(NC(=O)C3CCNCC3)CC2)cc1.Cl. The summed E-state index contributed by atoms with van der Waals surface area (Å²) >= 11 is 0. The van der Waals surface area contributed by atoms with Gasteiger partial charge in [-0.15, -0.1) is 12.4 Å². The van der Waals surface area contributed by atoms with Gasteiger partial charge in [-0.05, 0) is 57.8 Å². The second-order valence-electron chi connectivity index (χ2n) is 7.02. The van der Waals surface area contributed by atoms with E-state index in [4.69, 9.17) is 0 Å². The maximum Gasteiger partial charge on any atom is 0.243 e. The summed E-state index contributed by atoms with van der Waals surface area (Å²) in [5.74, 6) is 0.219. The van der Waals surface area contributed by atoms with E-state index in [-0.39, 0.29) is 30.3 Å². The van der Waals surface area contributed by atoms with E-state index in [0.29, 0.717) is 30.8 Å². The van der Waals surface area contributed by atoms with Gasteiger partial charge in [-0.1, -0.05) is 17.7 Å². The number of halogens is 1. The topological polar surface area (TPSA) is 78.5 Å². The number of hydrogen-bond donors (Lipinski definition) is 2. The van der Waals surface area contributed by atoms with Crippen LogP contribution in [0.15, 0.2) is 29.2 Å². The van der Waals surface area contributed by atoms with E-state index in [0.717, 1.165) is 31.5 Å². The molecule has 1 aromatic rings. The van der Waals surface area contributed by atoms with Crippen LogP contribution in [0.25, 0.3) is 0 Å². The first-order valence-electron chi connectivity index (χ1n) is 9.05. The number of rotatable bonds is 4. The highest BCUT2D eigenvalue weighted by molar-refractivity contribution is 7.89. The van der Waals surface area contributed by atoms with Crippen LogP contribution in [-0.2, 0) is 14.8 Å². The lowest BCUT2D eigenvalue weighted by atomic mass is 9.96. The molecule has 8 heteroatoms. The number of nitrogens with zero attached hydrogens (tertiary/aromatic N) is 1. The molecule has 6 nitrogen and oxygen atoms in total. The highest BCUT2D eigenvalue weighted by Crippen LogP contribution is 2.22. The number of hydrogen-bond acceptors (Lipinski definition) is 4. The zero-order valence-corrected chi connectivity index (χ0v) is 16.7. The zero-order chi connectivity index (χ0) is 17.9. The molecule has 0 spiro atoms. The molecule has 2 aliphatic rings. The van der Waals surface area contributed by atoms with Gasteiger partial charge in [0.05, 0.1) is 4.90 Å². The normalized spacial score (nSPS) is 20.3. The number of aryl methyl sites for hydroxylation is 1. The summed E-state index contributed by atoms with van der Waals surface area (Å²) in [5, 5.41) is 6.38. The predicted molar refractivity (Wildman–Crippen MR) is 104 cm³/mol. The van der Waals surface area contributed by atoms with Crippen molar-refractivity contribution >= 4 is 28.3 Å². The van der Waals surface area contributed by atoms with E-state index in [1.807, 2.05) is 19.1 Å². The highest BCUT2D eigenvalue weighted by Gasteiger charge is 2.31. The Kier molecular flexibility index (Phi) is 7.46. The average Bonchev–Trinajstić information content (AvgIpc) is 2.63. The number of benzene rings is 1. The van der Waals surface area contributed by atoms with Gasteiger partial charge < -0.3 is 10.6 Å². The molecule has 2 saturated heterocycles. The number of piperidine rings is 2. The van der Waals surface area contributed by atoms with Gasteiger partial charge in [-0.3, -0.25) is 4.79 Å². The first kappa shape index (κ1) is 21.2. The Balaban J connectivity index is 0.00000243. The van der Waals surface area contributed by atoms with Crippen molar-refractivity contribution in [2.75, 3.05) is 26.2 Å². The van der Waals surface area contributed by atoms with Crippen molar-refractivity contribution in [1.29, 1.82) is 0 Å². The Hall–Kier alpha value is -1.15. The smallest absolute Gasteiger partial charge is 0.243 e. The molecule has 0 aliphatic carbocycles. The molecule has 2 N–H and O–H groups in total. The molecule has 2 fully saturated rings. The molecule has 0 radical (unpaired) electrons. The molecular formula is C18H28ClN3O3S. The van der Waals surface area contributed by atoms with Crippen LogP contribution in [0.5, 0.6) is 0 Å². The first-order chi connectivity index (χ1) is 12.0. The van der Waals surface area contributed by atoms with E-state index in [1.165, 1.54) is 4.31 Å². The van der Waals surface area contributed by atoms with Crippen molar-refractivity contribution in [3.05, 3.63) is 29.8 Å². The standard InChI is InChI=1S/C18H27N3O3S.ClH/c1-14-2-4-17(5-3-14)25(23,24)21-12-8-16(9-13-21)20-18(22)15-6-10-19-11-7-15;/h2-5,15-16,19H,6-13H2,1H3,(H,20,22);1H. The minimum atomic E-state index is -3.44. The molecular weight excluding hydrogens is 374 g/mol. The van der Waals surface area contributed by atoms with Crippen LogP contribution in [0, 0.1) is 12.8 Å². The molecule has 146 valence electrons. The van der Waals surface area contributed by atoms with E-state index < -0.39 is 10.0 Å². The van der Waals surface area contributed by atoms with E-state index in [1.54, 1.807) is 12.1 Å². The number of carbonyl (C=O) groups is 1. The van der Waals surface area contributed by atoms with Gasteiger partial charge in [0.25, 0.3) is 0 Å². The summed E-state index contributed by atoms with van der Waals surface area (Å²) in [6.07, 6.45) is 3.10. The maximum absolute atomic E-state index is 12.7. The Morgan fingerprint density at radius 2 is 1.65 bits per heavy atom. The first-order valence-corrected chi connectivity index (χ1v) is 10.5. The van der Waals surface area contributed by atoms with Crippen LogP contribution >= 0.6 is 12.4 Å². The predicted octanol–water partition coefficient (Wildman–Crippen LogP) is 1.69. The highest BCUT2D eigenvalue weighted by atomic mass is 35.5. The van der Waals surface area contributed by atoms with Gasteiger partial charge in [-0.25, -0.2) is 8.42 Å². The third-order valence-electron chi connectivity index (χ3n) is 5.17. The van der Waals surface area contributed by atoms with Crippen LogP contribution in [0.3, 0.4) is 0 Å². The van der Waals surface area contributed by atoms with Crippen LogP contribution in [-0.4, -0.2) is 50.9 Å². The van der Waals surface area contributed by atoms with Gasteiger partial charge >= 0.3 is 0 Å². The van der Waals surface area contributed by atoms with E-state index in [2.05, 4.69) is 10.6 Å². The fourth-order valence-corrected chi connectivity index (χ4v) is 4.97. The van der Waals surface area contributed by atoms with Crippen molar-refractivity contribution in [2.24, 2.45) is 5.92 Å². The van der Waals surface area contributed by atoms with Crippen molar-refractivity contribution in [1.82, 2.24) is 14.9 Å². The lowest BCUT2D eigenvalue weighted by Gasteiger charge is -2.33. The molecule has 0 atom stereocenters. The Morgan fingerprint density at radius 3 is 2.23 bits per heavy atom. The summed E-state index contributed by atoms with van der Waals surface area (Å²) in [6.45, 7) is 4.63. The Bertz CT molecular complexity index is 695. The second kappa shape index (κ2) is 9.17. The molecule has 1 amide bonds. The number of nitrogens with one attached hydrogen (secondary N) is 2. The van der Waals surface area contributed by atoms with Gasteiger partial charge in [0.15, 0.2) is 0 Å². The van der Waals surface area contributed by atoms with Gasteiger partial charge in [0, 0.05) is 25.0 Å². The summed E-state index contributed by atoms with van der Waals surface area (Å²) in [6, 6.07) is 7.04. The van der Waals surface area contributed by atoms with Crippen LogP contribution < -0.4 is 10.6 Å². The van der Waals surface area contributed by atoms with Gasteiger partial charge in [0.2, 0.25) is 15.9 Å². The zero-order valence-electron chi connectivity index (χ0n) is 15.1. The maximum atomic E-state index is 12.7. The van der Waals surface area contributed by atoms with Crippen molar-refractivity contribution in [2.45, 2.75) is 43.5 Å². The van der Waals surface area contributed by atoms with E-state index in [9.17, 15) is 13.2 Å². The Labute approximate surface area is 162 Å². The van der Waals surface area contributed by atoms with Crippen LogP contribution in [0.2, 0.25) is 0 Å². The minimum absolute atomic E-state index is 0. The minimum Gasteiger partial charge on any atom is -0.353 e. The van der Waals surface area contributed by atoms with Gasteiger partial charge in [0.1, 0.15) is 0 Å². The molecule has 0 saturated carbocycles. The lowest BCUT2D eigenvalue weighted by molar-refractivity contribution is -0.126. The third-order valence-corrected chi connectivity index (χ3v) is 7.08. The fourth-order valence-electron chi connectivity index (χ4n) is 3.50. The largest absolute Gasteiger partial charge is 0.353 e. The molecule has 0 unspecified atom stereocenters. The quantitative estimate of drug-likeness (QED) is 0.804. The molecule has 3 rings (SSSR count). The van der Waals surface area contributed by atoms with Gasteiger partial charge in [-0.2, -0.15) is 4.31 Å². The summed E-state index contributed by atoms with van der Waals surface area (Å²) in [4.78, 5) is 12.7. The van der Waals surface area contributed by atoms with Crippen LogP contribution in [0.1, 0.15) is 31.2 Å². The number of sulfonamides is 1. The molecule has 2 heterocycles. The average molecular weight is 402 g/mol. The monoisotopic (exact) mass is 401 g/mol. The Morgan fingerprint density at radius 1 is 1.08 bits per heavy atom. The molecule has 1 aromatic carbocycles.